The molecule has 62 valence electrons. The van der Waals surface area contributed by atoms with Crippen LogP contribution in [0.2, 0.25) is 0 Å². The smallest absolute Gasteiger partial charge is 0.228 e. The summed E-state index contributed by atoms with van der Waals surface area (Å²) in [5.41, 5.74) is 4.79. The maximum atomic E-state index is 10.2. The molecule has 0 aromatic heterocycles. The topological polar surface area (TPSA) is 86.2 Å². The van der Waals surface area contributed by atoms with Crippen LogP contribution in [0.1, 0.15) is 13.3 Å². The van der Waals surface area contributed by atoms with E-state index in [1.165, 1.54) is 19.1 Å². The van der Waals surface area contributed by atoms with E-state index in [1.807, 2.05) is 0 Å². The normalized spacial score (nSPS) is 13.2. The van der Waals surface area contributed by atoms with Crippen LogP contribution in [-0.4, -0.2) is 16.9 Å². The first-order valence-electron chi connectivity index (χ1n) is 3.12. The average molecular weight is 158 g/mol. The molecule has 0 rings (SSSR count). The van der Waals surface area contributed by atoms with Crippen LogP contribution in [0.3, 0.4) is 0 Å². The van der Waals surface area contributed by atoms with Gasteiger partial charge in [0.1, 0.15) is 0 Å². The van der Waals surface area contributed by atoms with Gasteiger partial charge in [-0.25, -0.2) is 0 Å². The van der Waals surface area contributed by atoms with Gasteiger partial charge in [0.2, 0.25) is 11.9 Å². The van der Waals surface area contributed by atoms with Crippen LogP contribution >= 0.6 is 0 Å². The highest BCUT2D eigenvalue weighted by molar-refractivity contribution is 5.75. The van der Waals surface area contributed by atoms with Crippen molar-refractivity contribution in [2.45, 2.75) is 19.4 Å². The monoisotopic (exact) mass is 158 g/mol. The Morgan fingerprint density at radius 2 is 2.36 bits per heavy atom. The van der Waals surface area contributed by atoms with Crippen LogP contribution in [-0.2, 0) is 4.79 Å². The van der Waals surface area contributed by atoms with E-state index in [9.17, 15) is 14.9 Å². The van der Waals surface area contributed by atoms with Gasteiger partial charge in [-0.15, -0.1) is 0 Å². The van der Waals surface area contributed by atoms with Gasteiger partial charge >= 0.3 is 0 Å². The van der Waals surface area contributed by atoms with E-state index in [4.69, 9.17) is 5.73 Å². The fraction of sp³-hybridized carbons (Fsp3) is 0.500. The van der Waals surface area contributed by atoms with Crippen molar-refractivity contribution in [1.82, 2.24) is 0 Å². The molecule has 5 nitrogen and oxygen atoms in total. The second kappa shape index (κ2) is 4.43. The van der Waals surface area contributed by atoms with Gasteiger partial charge in [0, 0.05) is 18.3 Å². The molecule has 0 aliphatic carbocycles. The van der Waals surface area contributed by atoms with E-state index in [-0.39, 0.29) is 6.42 Å². The molecule has 0 bridgehead atoms. The molecule has 0 saturated carbocycles. The van der Waals surface area contributed by atoms with Crippen LogP contribution in [0.25, 0.3) is 0 Å². The Bertz CT molecular complexity index is 188. The fourth-order valence-electron chi connectivity index (χ4n) is 0.451. The molecule has 0 heterocycles. The summed E-state index contributed by atoms with van der Waals surface area (Å²) in [7, 11) is 0. The van der Waals surface area contributed by atoms with Gasteiger partial charge < -0.3 is 5.73 Å². The van der Waals surface area contributed by atoms with Crippen LogP contribution < -0.4 is 5.73 Å². The van der Waals surface area contributed by atoms with Crippen molar-refractivity contribution in [3.05, 3.63) is 22.3 Å². The predicted octanol–water partition coefficient (Wildman–Crippen LogP) is 0.0832. The molecule has 0 radical (unpaired) electrons. The fourth-order valence-corrected chi connectivity index (χ4v) is 0.451. The standard InChI is InChI=1S/C6H10N2O3/c1-5(8(10)11)3-2-4-6(7)9/h2-3,5H,4H2,1H3,(H2,7,9)/b3-2+. The number of rotatable bonds is 4. The Morgan fingerprint density at radius 1 is 1.82 bits per heavy atom. The summed E-state index contributed by atoms with van der Waals surface area (Å²) in [6.07, 6.45) is 2.79. The molecule has 0 aliphatic rings. The highest BCUT2D eigenvalue weighted by Crippen LogP contribution is 1.91. The first kappa shape index (κ1) is 9.61. The van der Waals surface area contributed by atoms with Crippen LogP contribution in [0.4, 0.5) is 0 Å². The molecule has 0 fully saturated rings. The summed E-state index contributed by atoms with van der Waals surface area (Å²) in [4.78, 5) is 19.7. The van der Waals surface area contributed by atoms with E-state index in [2.05, 4.69) is 0 Å². The minimum atomic E-state index is -0.755. The second-order valence-corrected chi connectivity index (χ2v) is 2.12. The van der Waals surface area contributed by atoms with Crippen LogP contribution in [0.5, 0.6) is 0 Å². The molecule has 0 spiro atoms. The maximum absolute atomic E-state index is 10.2. The first-order chi connectivity index (χ1) is 5.04. The number of carbonyl (C=O) groups excluding carboxylic acids is 1. The molecule has 1 atom stereocenters. The zero-order valence-electron chi connectivity index (χ0n) is 6.19. The highest BCUT2D eigenvalue weighted by Gasteiger charge is 2.05. The quantitative estimate of drug-likeness (QED) is 0.357. The average Bonchev–Trinajstić information content (AvgIpc) is 1.86. The minimum absolute atomic E-state index is 0.0537. The van der Waals surface area contributed by atoms with Crippen molar-refractivity contribution in [2.24, 2.45) is 5.73 Å². The van der Waals surface area contributed by atoms with E-state index in [1.54, 1.807) is 0 Å². The van der Waals surface area contributed by atoms with Gasteiger partial charge in [0.25, 0.3) is 0 Å². The van der Waals surface area contributed by atoms with E-state index >= 15 is 0 Å². The number of nitrogens with zero attached hydrogens (tertiary/aromatic N) is 1. The number of nitro groups is 1. The molecule has 11 heavy (non-hydrogen) atoms. The SMILES string of the molecule is CC(/C=C/CC(N)=O)[N+](=O)[O-]. The van der Waals surface area contributed by atoms with E-state index in [0.29, 0.717) is 0 Å². The summed E-state index contributed by atoms with van der Waals surface area (Å²) < 4.78 is 0. The maximum Gasteiger partial charge on any atom is 0.228 e. The lowest BCUT2D eigenvalue weighted by molar-refractivity contribution is -0.504. The molecule has 1 amide bonds. The van der Waals surface area contributed by atoms with Crippen molar-refractivity contribution in [3.63, 3.8) is 0 Å². The number of carbonyl (C=O) groups is 1. The minimum Gasteiger partial charge on any atom is -0.369 e. The Labute approximate surface area is 64.0 Å². The van der Waals surface area contributed by atoms with Crippen molar-refractivity contribution in [1.29, 1.82) is 0 Å². The van der Waals surface area contributed by atoms with Gasteiger partial charge in [0.05, 0.1) is 0 Å². The van der Waals surface area contributed by atoms with Gasteiger partial charge in [-0.1, -0.05) is 6.08 Å². The van der Waals surface area contributed by atoms with Gasteiger partial charge in [-0.05, 0) is 6.08 Å². The lowest BCUT2D eigenvalue weighted by Crippen LogP contribution is -2.12. The number of amides is 1. The Balaban J connectivity index is 3.74. The molecule has 1 unspecified atom stereocenters. The molecular formula is C6H10N2O3. The first-order valence-corrected chi connectivity index (χ1v) is 3.12. The number of nitrogens with two attached hydrogens (primary N) is 1. The molecule has 5 heteroatoms. The highest BCUT2D eigenvalue weighted by atomic mass is 16.6. The Hall–Kier alpha value is -1.39. The van der Waals surface area contributed by atoms with E-state index in [0.717, 1.165) is 0 Å². The third kappa shape index (κ3) is 5.07. The van der Waals surface area contributed by atoms with Crippen molar-refractivity contribution < 1.29 is 9.72 Å². The zero-order chi connectivity index (χ0) is 8.85. The second-order valence-electron chi connectivity index (χ2n) is 2.12. The number of primary amides is 1. The molecule has 0 saturated heterocycles. The third-order valence-electron chi connectivity index (χ3n) is 1.07. The number of hydrogen-bond acceptors (Lipinski definition) is 3. The van der Waals surface area contributed by atoms with Crippen molar-refractivity contribution in [3.8, 4) is 0 Å². The van der Waals surface area contributed by atoms with E-state index < -0.39 is 16.9 Å². The predicted molar refractivity (Wildman–Crippen MR) is 39.4 cm³/mol. The Morgan fingerprint density at radius 3 is 2.73 bits per heavy atom. The number of hydrogen-bond donors (Lipinski definition) is 1. The van der Waals surface area contributed by atoms with Crippen molar-refractivity contribution >= 4 is 5.91 Å². The summed E-state index contributed by atoms with van der Waals surface area (Å²) >= 11 is 0. The Kier molecular flexibility index (Phi) is 3.87. The summed E-state index contributed by atoms with van der Waals surface area (Å²) in [6, 6.07) is -0.755. The third-order valence-corrected chi connectivity index (χ3v) is 1.07. The largest absolute Gasteiger partial charge is 0.369 e. The van der Waals surface area contributed by atoms with Crippen LogP contribution in [0.15, 0.2) is 12.2 Å². The zero-order valence-corrected chi connectivity index (χ0v) is 6.19. The lowest BCUT2D eigenvalue weighted by Gasteiger charge is -1.93. The van der Waals surface area contributed by atoms with Crippen molar-refractivity contribution in [2.75, 3.05) is 0 Å². The molecule has 2 N–H and O–H groups in total. The summed E-state index contributed by atoms with van der Waals surface area (Å²) in [5.74, 6) is -0.489. The lowest BCUT2D eigenvalue weighted by atomic mass is 10.3. The van der Waals surface area contributed by atoms with Gasteiger partial charge in [0.15, 0.2) is 0 Å². The van der Waals surface area contributed by atoms with Gasteiger partial charge in [-0.2, -0.15) is 0 Å². The molecule has 0 aromatic rings. The molecular weight excluding hydrogens is 148 g/mol. The van der Waals surface area contributed by atoms with Gasteiger partial charge in [-0.3, -0.25) is 14.9 Å². The molecule has 0 aliphatic heterocycles. The molecule has 0 aromatic carbocycles. The van der Waals surface area contributed by atoms with Crippen LogP contribution in [0, 0.1) is 10.1 Å². The summed E-state index contributed by atoms with van der Waals surface area (Å²) in [6.45, 7) is 1.43. The summed E-state index contributed by atoms with van der Waals surface area (Å²) in [5, 5.41) is 10.0.